The van der Waals surface area contributed by atoms with Crippen LogP contribution in [0.15, 0.2) is 36.4 Å². The van der Waals surface area contributed by atoms with Crippen LogP contribution in [0.4, 0.5) is 10.1 Å². The zero-order valence-corrected chi connectivity index (χ0v) is 11.6. The number of rotatable bonds is 2. The quantitative estimate of drug-likeness (QED) is 0.760. The van der Waals surface area contributed by atoms with E-state index >= 15 is 0 Å². The van der Waals surface area contributed by atoms with Gasteiger partial charge in [0.25, 0.3) is 0 Å². The van der Waals surface area contributed by atoms with Crippen molar-refractivity contribution in [1.82, 2.24) is 0 Å². The van der Waals surface area contributed by atoms with E-state index in [0.29, 0.717) is 15.7 Å². The predicted octanol–water partition coefficient (Wildman–Crippen LogP) is 4.87. The Morgan fingerprint density at radius 2 is 1.50 bits per heavy atom. The van der Waals surface area contributed by atoms with Crippen molar-refractivity contribution in [3.05, 3.63) is 52.3 Å². The molecular formula is C14H12Cl2FN. The lowest BCUT2D eigenvalue weighted by molar-refractivity contribution is 0.626. The maximum atomic E-state index is 13.6. The zero-order chi connectivity index (χ0) is 13.3. The molecule has 0 aliphatic heterocycles. The molecular weight excluding hydrogens is 272 g/mol. The molecule has 0 bridgehead atoms. The molecule has 0 fully saturated rings. The lowest BCUT2D eigenvalue weighted by Crippen LogP contribution is -2.10. The van der Waals surface area contributed by atoms with E-state index in [1.54, 1.807) is 43.3 Å². The molecule has 4 heteroatoms. The van der Waals surface area contributed by atoms with Crippen LogP contribution in [0.25, 0.3) is 11.1 Å². The molecule has 18 heavy (non-hydrogen) atoms. The van der Waals surface area contributed by atoms with Gasteiger partial charge in [0, 0.05) is 14.1 Å². The van der Waals surface area contributed by atoms with E-state index in [1.807, 2.05) is 6.07 Å². The van der Waals surface area contributed by atoms with Gasteiger partial charge >= 0.3 is 0 Å². The van der Waals surface area contributed by atoms with Gasteiger partial charge in [-0.2, -0.15) is 0 Å². The Bertz CT molecular complexity index is 582. The van der Waals surface area contributed by atoms with E-state index < -0.39 is 0 Å². The maximum absolute atomic E-state index is 13.6. The Kier molecular flexibility index (Phi) is 3.79. The Morgan fingerprint density at radius 1 is 0.889 bits per heavy atom. The Hall–Kier alpha value is -1.25. The van der Waals surface area contributed by atoms with Crippen molar-refractivity contribution in [3.63, 3.8) is 0 Å². The molecule has 0 saturated carbocycles. The van der Waals surface area contributed by atoms with E-state index in [0.717, 1.165) is 11.1 Å². The molecule has 0 heterocycles. The second-order valence-electron chi connectivity index (χ2n) is 4.19. The van der Waals surface area contributed by atoms with Crippen LogP contribution >= 0.6 is 23.2 Å². The van der Waals surface area contributed by atoms with Crippen LogP contribution in [-0.4, -0.2) is 14.1 Å². The highest BCUT2D eigenvalue weighted by molar-refractivity contribution is 6.42. The number of hydrogen-bond acceptors (Lipinski definition) is 1. The first kappa shape index (κ1) is 13.2. The summed E-state index contributed by atoms with van der Waals surface area (Å²) in [4.78, 5) is 1.73. The van der Waals surface area contributed by atoms with E-state index in [9.17, 15) is 4.39 Å². The SMILES string of the molecule is CN(C)c1cc(-c2ccc(Cl)c(Cl)c2)ccc1F. The first-order valence-electron chi connectivity index (χ1n) is 5.41. The van der Waals surface area contributed by atoms with E-state index in [1.165, 1.54) is 6.07 Å². The van der Waals surface area contributed by atoms with Crippen LogP contribution in [0.5, 0.6) is 0 Å². The molecule has 0 aliphatic rings. The first-order valence-corrected chi connectivity index (χ1v) is 6.17. The molecule has 2 rings (SSSR count). The molecule has 0 aromatic heterocycles. The van der Waals surface area contributed by atoms with Crippen LogP contribution < -0.4 is 4.90 Å². The molecule has 2 aromatic carbocycles. The minimum Gasteiger partial charge on any atom is -0.375 e. The largest absolute Gasteiger partial charge is 0.375 e. The standard InChI is InChI=1S/C14H12Cl2FN/c1-18(2)14-8-10(4-6-13(14)17)9-3-5-11(15)12(16)7-9/h3-8H,1-2H3. The second kappa shape index (κ2) is 5.17. The third-order valence-electron chi connectivity index (χ3n) is 2.68. The summed E-state index contributed by atoms with van der Waals surface area (Å²) in [5.41, 5.74) is 2.35. The second-order valence-corrected chi connectivity index (χ2v) is 5.00. The van der Waals surface area contributed by atoms with Gasteiger partial charge < -0.3 is 4.90 Å². The van der Waals surface area contributed by atoms with Gasteiger partial charge in [0.1, 0.15) is 5.82 Å². The Labute approximate surface area is 116 Å². The first-order chi connectivity index (χ1) is 8.49. The van der Waals surface area contributed by atoms with Gasteiger partial charge in [-0.25, -0.2) is 4.39 Å². The van der Waals surface area contributed by atoms with Crippen molar-refractivity contribution in [2.45, 2.75) is 0 Å². The number of anilines is 1. The number of benzene rings is 2. The molecule has 0 unspecified atom stereocenters. The summed E-state index contributed by atoms with van der Waals surface area (Å²) in [5.74, 6) is -0.246. The third kappa shape index (κ3) is 2.60. The molecule has 2 aromatic rings. The summed E-state index contributed by atoms with van der Waals surface area (Å²) in [5, 5.41) is 1.00. The minimum absolute atomic E-state index is 0.246. The van der Waals surface area contributed by atoms with E-state index in [4.69, 9.17) is 23.2 Å². The van der Waals surface area contributed by atoms with Gasteiger partial charge in [0.05, 0.1) is 15.7 Å². The maximum Gasteiger partial charge on any atom is 0.146 e. The van der Waals surface area contributed by atoms with Gasteiger partial charge in [0.2, 0.25) is 0 Å². The number of hydrogen-bond donors (Lipinski definition) is 0. The van der Waals surface area contributed by atoms with E-state index in [-0.39, 0.29) is 5.82 Å². The highest BCUT2D eigenvalue weighted by Gasteiger charge is 2.08. The predicted molar refractivity (Wildman–Crippen MR) is 76.2 cm³/mol. The smallest absolute Gasteiger partial charge is 0.146 e. The summed E-state index contributed by atoms with van der Waals surface area (Å²) in [6.07, 6.45) is 0. The van der Waals surface area contributed by atoms with Crippen LogP contribution in [0.1, 0.15) is 0 Å². The van der Waals surface area contributed by atoms with Gasteiger partial charge in [0.15, 0.2) is 0 Å². The normalized spacial score (nSPS) is 10.5. The average molecular weight is 284 g/mol. The highest BCUT2D eigenvalue weighted by Crippen LogP contribution is 2.31. The molecule has 0 atom stereocenters. The summed E-state index contributed by atoms with van der Waals surface area (Å²) >= 11 is 11.9. The lowest BCUT2D eigenvalue weighted by Gasteiger charge is -2.15. The number of halogens is 3. The van der Waals surface area contributed by atoms with Gasteiger partial charge in [-0.15, -0.1) is 0 Å². The number of nitrogens with zero attached hydrogens (tertiary/aromatic N) is 1. The molecule has 0 N–H and O–H groups in total. The Balaban J connectivity index is 2.50. The topological polar surface area (TPSA) is 3.24 Å². The van der Waals surface area contributed by atoms with Crippen LogP contribution in [-0.2, 0) is 0 Å². The Morgan fingerprint density at radius 3 is 2.11 bits per heavy atom. The van der Waals surface area contributed by atoms with Gasteiger partial charge in [-0.05, 0) is 35.4 Å². The van der Waals surface area contributed by atoms with E-state index in [2.05, 4.69) is 0 Å². The highest BCUT2D eigenvalue weighted by atomic mass is 35.5. The summed E-state index contributed by atoms with van der Waals surface area (Å²) < 4.78 is 13.6. The van der Waals surface area contributed by atoms with Gasteiger partial charge in [-0.1, -0.05) is 35.3 Å². The zero-order valence-electron chi connectivity index (χ0n) is 10.0. The minimum atomic E-state index is -0.246. The lowest BCUT2D eigenvalue weighted by atomic mass is 10.0. The van der Waals surface area contributed by atoms with Crippen LogP contribution in [0, 0.1) is 5.82 Å². The molecule has 94 valence electrons. The van der Waals surface area contributed by atoms with Crippen molar-refractivity contribution in [2.75, 3.05) is 19.0 Å². The summed E-state index contributed by atoms with van der Waals surface area (Å²) in [6, 6.07) is 10.3. The summed E-state index contributed by atoms with van der Waals surface area (Å²) in [7, 11) is 3.61. The third-order valence-corrected chi connectivity index (χ3v) is 3.42. The van der Waals surface area contributed by atoms with Gasteiger partial charge in [-0.3, -0.25) is 0 Å². The van der Waals surface area contributed by atoms with Crippen molar-refractivity contribution >= 4 is 28.9 Å². The molecule has 1 nitrogen and oxygen atoms in total. The molecule has 0 spiro atoms. The monoisotopic (exact) mass is 283 g/mol. The molecule has 0 amide bonds. The van der Waals surface area contributed by atoms with Crippen LogP contribution in [0.3, 0.4) is 0 Å². The fourth-order valence-corrected chi connectivity index (χ4v) is 2.01. The molecule has 0 aliphatic carbocycles. The average Bonchev–Trinajstić information content (AvgIpc) is 2.33. The van der Waals surface area contributed by atoms with Crippen molar-refractivity contribution < 1.29 is 4.39 Å². The fraction of sp³-hybridized carbons (Fsp3) is 0.143. The van der Waals surface area contributed by atoms with Crippen LogP contribution in [0.2, 0.25) is 10.0 Å². The van der Waals surface area contributed by atoms with Crippen molar-refractivity contribution in [2.24, 2.45) is 0 Å². The fourth-order valence-electron chi connectivity index (χ4n) is 1.71. The molecule has 0 saturated heterocycles. The van der Waals surface area contributed by atoms with Crippen molar-refractivity contribution in [3.8, 4) is 11.1 Å². The van der Waals surface area contributed by atoms with Crippen molar-refractivity contribution in [1.29, 1.82) is 0 Å². The molecule has 0 radical (unpaired) electrons. The summed E-state index contributed by atoms with van der Waals surface area (Å²) in [6.45, 7) is 0.